The van der Waals surface area contributed by atoms with Crippen LogP contribution in [-0.4, -0.2) is 42.6 Å². The van der Waals surface area contributed by atoms with Gasteiger partial charge in [0.25, 0.3) is 0 Å². The lowest BCUT2D eigenvalue weighted by molar-refractivity contribution is -0.143. The van der Waals surface area contributed by atoms with Crippen LogP contribution in [0.25, 0.3) is 0 Å². The van der Waals surface area contributed by atoms with E-state index in [0.717, 1.165) is 43.5 Å². The van der Waals surface area contributed by atoms with Gasteiger partial charge in [0, 0.05) is 49.9 Å². The van der Waals surface area contributed by atoms with Gasteiger partial charge in [-0.25, -0.2) is 0 Å². The van der Waals surface area contributed by atoms with E-state index in [1.807, 2.05) is 19.1 Å². The number of ether oxygens (including phenoxy) is 1. The lowest BCUT2D eigenvalue weighted by atomic mass is 9.84. The molecule has 1 N–H and O–H groups in total. The van der Waals surface area contributed by atoms with E-state index in [9.17, 15) is 4.79 Å². The maximum atomic E-state index is 13.5. The molecule has 4 nitrogen and oxygen atoms in total. The first-order chi connectivity index (χ1) is 14.1. The molecule has 0 aliphatic carbocycles. The van der Waals surface area contributed by atoms with Gasteiger partial charge >= 0.3 is 0 Å². The van der Waals surface area contributed by atoms with Crippen molar-refractivity contribution in [3.05, 3.63) is 35.5 Å². The van der Waals surface area contributed by atoms with Crippen LogP contribution >= 0.6 is 11.6 Å². The Balaban J connectivity index is 0.00000103. The first kappa shape index (κ1) is 26.8. The third-order valence-corrected chi connectivity index (χ3v) is 5.79. The van der Waals surface area contributed by atoms with E-state index in [-0.39, 0.29) is 5.91 Å². The standard InChI is InChI=1S/C21H33ClN2O2.C4H10/c1-5-19(7-6-17(4)22)23-21(10-14-26-15-11-21)20(25)24-12-8-18(9-13-24)16(2)3;1-4(2)3/h5-7,16,18,23H,4,8-15H2,1-3H3;4H,1-3H3/b7-6-,19-5+;. The van der Waals surface area contributed by atoms with E-state index >= 15 is 0 Å². The van der Waals surface area contributed by atoms with Gasteiger partial charge in [-0.1, -0.05) is 58.9 Å². The Labute approximate surface area is 189 Å². The van der Waals surface area contributed by atoms with Crippen LogP contribution in [0.5, 0.6) is 0 Å². The van der Waals surface area contributed by atoms with Crippen LogP contribution in [0.4, 0.5) is 0 Å². The van der Waals surface area contributed by atoms with Crippen LogP contribution in [-0.2, 0) is 9.53 Å². The predicted octanol–water partition coefficient (Wildman–Crippen LogP) is 5.89. The molecule has 5 heteroatoms. The van der Waals surface area contributed by atoms with Gasteiger partial charge in [0.05, 0.1) is 0 Å². The smallest absolute Gasteiger partial charge is 0.248 e. The minimum absolute atomic E-state index is 0.209. The van der Waals surface area contributed by atoms with Crippen LogP contribution in [0, 0.1) is 17.8 Å². The van der Waals surface area contributed by atoms with Crippen LogP contribution in [0.3, 0.4) is 0 Å². The normalized spacial score (nSPS) is 20.3. The summed E-state index contributed by atoms with van der Waals surface area (Å²) in [6, 6.07) is 0. The second kappa shape index (κ2) is 13.2. The first-order valence-corrected chi connectivity index (χ1v) is 11.8. The Kier molecular flexibility index (Phi) is 11.8. The number of hydrogen-bond acceptors (Lipinski definition) is 3. The molecule has 0 aromatic rings. The third-order valence-electron chi connectivity index (χ3n) is 5.66. The summed E-state index contributed by atoms with van der Waals surface area (Å²) in [7, 11) is 0. The summed E-state index contributed by atoms with van der Waals surface area (Å²) >= 11 is 5.85. The minimum Gasteiger partial charge on any atom is -0.381 e. The average Bonchev–Trinajstić information content (AvgIpc) is 2.70. The number of allylic oxidation sites excluding steroid dienone is 4. The zero-order valence-corrected chi connectivity index (χ0v) is 20.7. The molecule has 0 bridgehead atoms. The lowest BCUT2D eigenvalue weighted by Crippen LogP contribution is -2.61. The number of piperidine rings is 1. The van der Waals surface area contributed by atoms with E-state index in [1.54, 1.807) is 6.08 Å². The Bertz CT molecular complexity index is 594. The number of nitrogens with zero attached hydrogens (tertiary/aromatic N) is 1. The average molecular weight is 439 g/mol. The summed E-state index contributed by atoms with van der Waals surface area (Å²) in [6.45, 7) is 19.6. The summed E-state index contributed by atoms with van der Waals surface area (Å²) in [5, 5.41) is 3.98. The van der Waals surface area contributed by atoms with Gasteiger partial charge in [0.2, 0.25) is 5.91 Å². The highest BCUT2D eigenvalue weighted by Crippen LogP contribution is 2.30. The Morgan fingerprint density at radius 2 is 1.67 bits per heavy atom. The molecule has 2 aliphatic heterocycles. The SMILES string of the molecule is C=C(Cl)/C=C\C(=C/C)NC1(C(=O)N2CCC(C(C)C)CC2)CCOCC1.CC(C)C. The van der Waals surface area contributed by atoms with E-state index in [2.05, 4.69) is 51.4 Å². The molecule has 0 spiro atoms. The summed E-state index contributed by atoms with van der Waals surface area (Å²) in [5.74, 6) is 2.45. The number of carbonyl (C=O) groups excluding carboxylic acids is 1. The summed E-state index contributed by atoms with van der Waals surface area (Å²) < 4.78 is 5.54. The molecule has 0 unspecified atom stereocenters. The molecule has 172 valence electrons. The van der Waals surface area contributed by atoms with Crippen LogP contribution in [0.2, 0.25) is 0 Å². The fourth-order valence-electron chi connectivity index (χ4n) is 3.85. The van der Waals surface area contributed by atoms with Gasteiger partial charge in [-0.15, -0.1) is 0 Å². The zero-order valence-electron chi connectivity index (χ0n) is 20.0. The molecule has 2 saturated heterocycles. The molecule has 1 amide bonds. The van der Waals surface area contributed by atoms with Crippen molar-refractivity contribution in [1.82, 2.24) is 10.2 Å². The highest BCUT2D eigenvalue weighted by molar-refractivity contribution is 6.30. The first-order valence-electron chi connectivity index (χ1n) is 11.5. The number of hydrogen-bond donors (Lipinski definition) is 1. The van der Waals surface area contributed by atoms with Gasteiger partial charge in [0.15, 0.2) is 0 Å². The zero-order chi connectivity index (χ0) is 22.7. The maximum absolute atomic E-state index is 13.5. The molecule has 0 aromatic heterocycles. The fraction of sp³-hybridized carbons (Fsp3) is 0.720. The van der Waals surface area contributed by atoms with Gasteiger partial charge in [-0.2, -0.15) is 0 Å². The van der Waals surface area contributed by atoms with Crippen LogP contribution in [0.1, 0.15) is 67.2 Å². The molecule has 0 saturated carbocycles. The molecule has 0 radical (unpaired) electrons. The molecule has 0 atom stereocenters. The summed E-state index contributed by atoms with van der Waals surface area (Å²) in [6.07, 6.45) is 9.15. The fourth-order valence-corrected chi connectivity index (χ4v) is 3.91. The highest BCUT2D eigenvalue weighted by Gasteiger charge is 2.43. The van der Waals surface area contributed by atoms with Crippen molar-refractivity contribution in [2.75, 3.05) is 26.3 Å². The maximum Gasteiger partial charge on any atom is 0.248 e. The monoisotopic (exact) mass is 438 g/mol. The van der Waals surface area contributed by atoms with E-state index in [4.69, 9.17) is 16.3 Å². The van der Waals surface area contributed by atoms with E-state index < -0.39 is 5.54 Å². The number of halogens is 1. The number of rotatable bonds is 6. The second-order valence-electron chi connectivity index (χ2n) is 9.45. The minimum atomic E-state index is -0.594. The summed E-state index contributed by atoms with van der Waals surface area (Å²) in [5.41, 5.74) is 0.294. The van der Waals surface area contributed by atoms with Crippen molar-refractivity contribution in [3.8, 4) is 0 Å². The number of amides is 1. The molecule has 2 heterocycles. The highest BCUT2D eigenvalue weighted by atomic mass is 35.5. The van der Waals surface area contributed by atoms with Crippen molar-refractivity contribution in [3.63, 3.8) is 0 Å². The lowest BCUT2D eigenvalue weighted by Gasteiger charge is -2.43. The third kappa shape index (κ3) is 8.85. The number of carbonyl (C=O) groups is 1. The number of likely N-dealkylation sites (tertiary alicyclic amines) is 1. The van der Waals surface area contributed by atoms with Gasteiger partial charge < -0.3 is 15.0 Å². The van der Waals surface area contributed by atoms with Crippen molar-refractivity contribution >= 4 is 17.5 Å². The largest absolute Gasteiger partial charge is 0.381 e. The molecule has 2 rings (SSSR count). The van der Waals surface area contributed by atoms with Crippen LogP contribution < -0.4 is 5.32 Å². The molecule has 30 heavy (non-hydrogen) atoms. The quantitative estimate of drug-likeness (QED) is 0.525. The molecular formula is C25H43ClN2O2. The van der Waals surface area contributed by atoms with Crippen molar-refractivity contribution < 1.29 is 9.53 Å². The molecular weight excluding hydrogens is 396 g/mol. The number of nitrogens with one attached hydrogen (secondary N) is 1. The van der Waals surface area contributed by atoms with Crippen molar-refractivity contribution in [1.29, 1.82) is 0 Å². The topological polar surface area (TPSA) is 41.6 Å². The molecule has 2 fully saturated rings. The van der Waals surface area contributed by atoms with Crippen molar-refractivity contribution in [2.24, 2.45) is 17.8 Å². The van der Waals surface area contributed by atoms with Gasteiger partial charge in [0.1, 0.15) is 5.54 Å². The van der Waals surface area contributed by atoms with Crippen molar-refractivity contribution in [2.45, 2.75) is 72.8 Å². The molecule has 2 aliphatic rings. The van der Waals surface area contributed by atoms with E-state index in [1.165, 1.54) is 0 Å². The van der Waals surface area contributed by atoms with Crippen LogP contribution in [0.15, 0.2) is 35.5 Å². The summed E-state index contributed by atoms with van der Waals surface area (Å²) in [4.78, 5) is 15.5. The van der Waals surface area contributed by atoms with Gasteiger partial charge in [-0.3, -0.25) is 4.79 Å². The Hall–Kier alpha value is -1.26. The second-order valence-corrected chi connectivity index (χ2v) is 9.93. The molecule has 0 aromatic carbocycles. The Morgan fingerprint density at radius 3 is 2.10 bits per heavy atom. The van der Waals surface area contributed by atoms with E-state index in [0.29, 0.717) is 37.0 Å². The Morgan fingerprint density at radius 1 is 1.13 bits per heavy atom. The van der Waals surface area contributed by atoms with Gasteiger partial charge in [-0.05, 0) is 49.7 Å². The predicted molar refractivity (Wildman–Crippen MR) is 128 cm³/mol.